The van der Waals surface area contributed by atoms with Crippen LogP contribution < -0.4 is 20.1 Å². The molecule has 0 spiro atoms. The zero-order valence-electron chi connectivity index (χ0n) is 24.5. The predicted molar refractivity (Wildman–Crippen MR) is 159 cm³/mol. The van der Waals surface area contributed by atoms with Crippen molar-refractivity contribution >= 4 is 22.7 Å². The Morgan fingerprint density at radius 2 is 1.91 bits per heavy atom. The molecule has 1 fully saturated rings. The van der Waals surface area contributed by atoms with Gasteiger partial charge in [0.05, 0.1) is 30.0 Å². The molecule has 9 nitrogen and oxygen atoms in total. The molecule has 1 aliphatic heterocycles. The van der Waals surface area contributed by atoms with E-state index in [9.17, 15) is 18.4 Å². The maximum absolute atomic E-state index is 13.8. The van der Waals surface area contributed by atoms with Crippen molar-refractivity contribution in [3.8, 4) is 17.2 Å². The Morgan fingerprint density at radius 3 is 2.70 bits per heavy atom. The smallest absolute Gasteiger partial charge is 0.321 e. The molecule has 1 aromatic heterocycles. The highest BCUT2D eigenvalue weighted by atomic mass is 19.3. The second-order valence-electron chi connectivity index (χ2n) is 11.4. The molecule has 1 aliphatic carbocycles. The minimum absolute atomic E-state index is 0.0981. The minimum atomic E-state index is -3.54. The van der Waals surface area contributed by atoms with E-state index in [1.807, 2.05) is 30.3 Å². The van der Waals surface area contributed by atoms with E-state index in [1.54, 1.807) is 48.1 Å². The Balaban J connectivity index is 1.26. The third-order valence-corrected chi connectivity index (χ3v) is 8.03. The summed E-state index contributed by atoms with van der Waals surface area (Å²) in [6, 6.07) is 17.5. The molecule has 11 heteroatoms. The first-order chi connectivity index (χ1) is 21.2. The summed E-state index contributed by atoms with van der Waals surface area (Å²) >= 11 is 0. The Morgan fingerprint density at radius 1 is 1.09 bits per heavy atom. The fourth-order valence-electron chi connectivity index (χ4n) is 5.68. The molecule has 2 N–H and O–H groups in total. The summed E-state index contributed by atoms with van der Waals surface area (Å²) in [6.07, 6.45) is 5.16. The van der Waals surface area contributed by atoms with Crippen molar-refractivity contribution in [2.45, 2.75) is 70.2 Å². The fourth-order valence-corrected chi connectivity index (χ4v) is 5.68. The van der Waals surface area contributed by atoms with Crippen molar-refractivity contribution in [3.05, 3.63) is 83.6 Å². The number of hydrogen-bond acceptors (Lipinski definition) is 6. The third-order valence-electron chi connectivity index (χ3n) is 8.03. The predicted octanol–water partition coefficient (Wildman–Crippen LogP) is 5.84. The van der Waals surface area contributed by atoms with Crippen molar-refractivity contribution in [3.63, 3.8) is 0 Å². The molecule has 0 saturated heterocycles. The van der Waals surface area contributed by atoms with Crippen LogP contribution in [0.4, 0.5) is 8.78 Å². The first-order valence-electron chi connectivity index (χ1n) is 14.7. The van der Waals surface area contributed by atoms with Gasteiger partial charge >= 0.3 is 5.92 Å². The highest BCUT2D eigenvalue weighted by Crippen LogP contribution is 2.33. The third kappa shape index (κ3) is 6.37. The number of fused-ring (bicyclic) bond motifs is 2. The summed E-state index contributed by atoms with van der Waals surface area (Å²) < 4.78 is 46.6. The summed E-state index contributed by atoms with van der Waals surface area (Å²) in [6.45, 7) is 2.67. The molecule has 6 rings (SSSR count). The normalized spacial score (nSPS) is 16.5. The van der Waals surface area contributed by atoms with E-state index in [1.165, 1.54) is 0 Å². The van der Waals surface area contributed by atoms with Crippen LogP contribution in [0.3, 0.4) is 0 Å². The molecule has 0 unspecified atom stereocenters. The fraction of sp³-hybridized carbons (Fsp3) is 0.364. The summed E-state index contributed by atoms with van der Waals surface area (Å²) in [5, 5.41) is 10.8. The number of nitrogens with one attached hydrogen (secondary N) is 2. The molecular weight excluding hydrogens is 570 g/mol. The van der Waals surface area contributed by atoms with E-state index in [-0.39, 0.29) is 18.7 Å². The molecule has 230 valence electrons. The van der Waals surface area contributed by atoms with Gasteiger partial charge in [-0.3, -0.25) is 9.59 Å². The van der Waals surface area contributed by atoms with Crippen LogP contribution in [0.25, 0.3) is 16.6 Å². The topological polar surface area (TPSA) is 104 Å². The number of amides is 2. The van der Waals surface area contributed by atoms with Gasteiger partial charge in [0.2, 0.25) is 0 Å². The Bertz CT molecular complexity index is 1680. The average Bonchev–Trinajstić information content (AvgIpc) is 3.69. The monoisotopic (exact) mass is 604 g/mol. The number of alkyl halides is 2. The van der Waals surface area contributed by atoms with Crippen molar-refractivity contribution in [1.29, 1.82) is 0 Å². The van der Waals surface area contributed by atoms with Gasteiger partial charge in [-0.2, -0.15) is 13.9 Å². The number of carbonyl (C=O) groups is 2. The van der Waals surface area contributed by atoms with Gasteiger partial charge in [0.1, 0.15) is 17.6 Å². The Hall–Kier alpha value is -4.51. The minimum Gasteiger partial charge on any atom is -0.484 e. The molecule has 1 saturated carbocycles. The summed E-state index contributed by atoms with van der Waals surface area (Å²) in [4.78, 5) is 25.0. The maximum atomic E-state index is 13.8. The number of halogens is 2. The van der Waals surface area contributed by atoms with E-state index >= 15 is 0 Å². The van der Waals surface area contributed by atoms with E-state index in [0.29, 0.717) is 36.2 Å². The number of hydrogen-bond donors (Lipinski definition) is 2. The molecule has 44 heavy (non-hydrogen) atoms. The zero-order chi connectivity index (χ0) is 30.8. The van der Waals surface area contributed by atoms with E-state index in [4.69, 9.17) is 14.2 Å². The molecule has 4 aromatic rings. The highest BCUT2D eigenvalue weighted by Gasteiger charge is 2.35. The second kappa shape index (κ2) is 12.2. The molecule has 3 aromatic carbocycles. The van der Waals surface area contributed by atoms with Gasteiger partial charge in [-0.15, -0.1) is 0 Å². The van der Waals surface area contributed by atoms with Crippen LogP contribution in [0, 0.1) is 0 Å². The molecule has 0 radical (unpaired) electrons. The second-order valence-corrected chi connectivity index (χ2v) is 11.4. The molecule has 2 atom stereocenters. The van der Waals surface area contributed by atoms with Gasteiger partial charge in [-0.25, -0.2) is 4.68 Å². The van der Waals surface area contributed by atoms with Crippen LogP contribution in [-0.4, -0.2) is 46.4 Å². The number of benzene rings is 3. The van der Waals surface area contributed by atoms with Gasteiger partial charge in [-0.1, -0.05) is 31.0 Å². The lowest BCUT2D eigenvalue weighted by Crippen LogP contribution is -2.46. The molecule has 2 amide bonds. The molecular formula is C33H34F2N4O5. The number of nitrogens with zero attached hydrogens (tertiary/aromatic N) is 2. The van der Waals surface area contributed by atoms with Gasteiger partial charge in [0.25, 0.3) is 11.8 Å². The van der Waals surface area contributed by atoms with Crippen LogP contribution in [0.15, 0.2) is 66.9 Å². The van der Waals surface area contributed by atoms with Crippen molar-refractivity contribution in [2.75, 3.05) is 6.79 Å². The number of ether oxygens (including phenoxy) is 3. The molecule has 2 heterocycles. The quantitative estimate of drug-likeness (QED) is 0.249. The number of carbonyl (C=O) groups excluding carboxylic acids is 2. The van der Waals surface area contributed by atoms with Gasteiger partial charge in [0.15, 0.2) is 6.79 Å². The average molecular weight is 605 g/mol. The van der Waals surface area contributed by atoms with E-state index in [2.05, 4.69) is 15.7 Å². The van der Waals surface area contributed by atoms with Gasteiger partial charge in [0, 0.05) is 29.5 Å². The standard InChI is InChI=1S/C33H34F2N4O5/c1-20(37-32(41)33(2,34)35)30(21-10-11-23-18-42-19-43-29(23)16-21)44-27-12-13-28-24(15-27)17-36-39(28)26-9-5-6-22(14-26)31(40)38-25-7-3-4-8-25/h5-6,9-17,20,25,30H,3-4,7-8,18-19H2,1-2H3,(H,37,41)(H,38,40)/t20-,30-/m0/s1. The van der Waals surface area contributed by atoms with Crippen molar-refractivity contribution in [2.24, 2.45) is 0 Å². The lowest BCUT2D eigenvalue weighted by molar-refractivity contribution is -0.144. The first-order valence-corrected chi connectivity index (χ1v) is 14.7. The van der Waals surface area contributed by atoms with Crippen LogP contribution in [-0.2, 0) is 16.1 Å². The lowest BCUT2D eigenvalue weighted by Gasteiger charge is -2.28. The lowest BCUT2D eigenvalue weighted by atomic mass is 10.00. The maximum Gasteiger partial charge on any atom is 0.321 e. The van der Waals surface area contributed by atoms with E-state index in [0.717, 1.165) is 47.8 Å². The van der Waals surface area contributed by atoms with E-state index < -0.39 is 24.0 Å². The highest BCUT2D eigenvalue weighted by molar-refractivity contribution is 5.95. The zero-order valence-corrected chi connectivity index (χ0v) is 24.5. The Labute approximate surface area is 253 Å². The van der Waals surface area contributed by atoms with Crippen molar-refractivity contribution in [1.82, 2.24) is 20.4 Å². The number of rotatable bonds is 9. The van der Waals surface area contributed by atoms with Gasteiger partial charge in [-0.05, 0) is 67.8 Å². The summed E-state index contributed by atoms with van der Waals surface area (Å²) in [5.41, 5.74) is 3.58. The van der Waals surface area contributed by atoms with Crippen molar-refractivity contribution < 1.29 is 32.6 Å². The van der Waals surface area contributed by atoms with Crippen LogP contribution >= 0.6 is 0 Å². The SMILES string of the molecule is C[C@H](NC(=O)C(C)(F)F)[C@H](Oc1ccc2c(cnn2-c2cccc(C(=O)NC3CCCC3)c2)c1)c1ccc2c(c1)OCOC2. The van der Waals surface area contributed by atoms with Gasteiger partial charge < -0.3 is 24.8 Å². The summed E-state index contributed by atoms with van der Waals surface area (Å²) in [7, 11) is 0. The molecule has 0 bridgehead atoms. The van der Waals surface area contributed by atoms with Crippen LogP contribution in [0.5, 0.6) is 11.5 Å². The molecule has 2 aliphatic rings. The summed E-state index contributed by atoms with van der Waals surface area (Å²) in [5.74, 6) is -3.97. The number of aromatic nitrogens is 2. The van der Waals surface area contributed by atoms with Crippen LogP contribution in [0.2, 0.25) is 0 Å². The first kappa shape index (κ1) is 29.6. The van der Waals surface area contributed by atoms with Crippen LogP contribution in [0.1, 0.15) is 67.1 Å². The largest absolute Gasteiger partial charge is 0.484 e. The Kier molecular flexibility index (Phi) is 8.22.